The highest BCUT2D eigenvalue weighted by atomic mass is 16.6. The Morgan fingerprint density at radius 3 is 2.68 bits per heavy atom. The minimum absolute atomic E-state index is 0.0270. The first-order chi connectivity index (χ1) is 12.0. The molecule has 1 aromatic heterocycles. The summed E-state index contributed by atoms with van der Waals surface area (Å²) < 4.78 is 5.00. The molecule has 0 aromatic carbocycles. The van der Waals surface area contributed by atoms with Gasteiger partial charge in [0.05, 0.1) is 6.61 Å². The zero-order valence-electron chi connectivity index (χ0n) is 15.1. The van der Waals surface area contributed by atoms with Crippen molar-refractivity contribution < 1.29 is 14.3 Å². The molecule has 1 aliphatic rings. The topological polar surface area (TPSA) is 96.5 Å². The molecule has 1 saturated heterocycles. The van der Waals surface area contributed by atoms with Gasteiger partial charge in [-0.3, -0.25) is 4.79 Å². The standard InChI is InChI=1S/C17H27N5O3/c1-4-12(3)20-15-10-14(18-11-19-15)16(23)21-13-6-8-22(9-7-13)17(24)25-5-2/h10-13H,4-9H2,1-3H3,(H,21,23)(H,18,19,20). The van der Waals surface area contributed by atoms with E-state index in [1.807, 2.05) is 0 Å². The van der Waals surface area contributed by atoms with Crippen molar-refractivity contribution in [3.63, 3.8) is 0 Å². The van der Waals surface area contributed by atoms with Crippen LogP contribution < -0.4 is 10.6 Å². The van der Waals surface area contributed by atoms with Crippen LogP contribution in [0.25, 0.3) is 0 Å². The summed E-state index contributed by atoms with van der Waals surface area (Å²) in [5, 5.41) is 6.22. The lowest BCUT2D eigenvalue weighted by molar-refractivity contribution is 0.0856. The summed E-state index contributed by atoms with van der Waals surface area (Å²) in [5.41, 5.74) is 0.341. The molecular formula is C17H27N5O3. The smallest absolute Gasteiger partial charge is 0.409 e. The first-order valence-corrected chi connectivity index (χ1v) is 8.84. The van der Waals surface area contributed by atoms with Gasteiger partial charge >= 0.3 is 6.09 Å². The average molecular weight is 349 g/mol. The van der Waals surface area contributed by atoms with Crippen LogP contribution in [0.3, 0.4) is 0 Å². The van der Waals surface area contributed by atoms with Gasteiger partial charge in [0.1, 0.15) is 17.8 Å². The Morgan fingerprint density at radius 2 is 2.04 bits per heavy atom. The number of rotatable bonds is 6. The molecule has 25 heavy (non-hydrogen) atoms. The predicted molar refractivity (Wildman–Crippen MR) is 94.5 cm³/mol. The van der Waals surface area contributed by atoms with Crippen LogP contribution in [0.15, 0.2) is 12.4 Å². The fourth-order valence-corrected chi connectivity index (χ4v) is 2.60. The molecule has 138 valence electrons. The summed E-state index contributed by atoms with van der Waals surface area (Å²) in [6.45, 7) is 7.45. The number of carbonyl (C=O) groups is 2. The summed E-state index contributed by atoms with van der Waals surface area (Å²) in [4.78, 5) is 34.0. The zero-order chi connectivity index (χ0) is 18.2. The van der Waals surface area contributed by atoms with Crippen molar-refractivity contribution in [3.05, 3.63) is 18.1 Å². The van der Waals surface area contributed by atoms with E-state index in [-0.39, 0.29) is 24.1 Å². The number of carbonyl (C=O) groups excluding carboxylic acids is 2. The van der Waals surface area contributed by atoms with Crippen molar-refractivity contribution in [2.24, 2.45) is 0 Å². The Hall–Kier alpha value is -2.38. The molecule has 0 aliphatic carbocycles. The number of piperidine rings is 1. The quantitative estimate of drug-likeness (QED) is 0.816. The molecule has 2 amide bonds. The van der Waals surface area contributed by atoms with E-state index < -0.39 is 0 Å². The van der Waals surface area contributed by atoms with E-state index in [2.05, 4.69) is 34.4 Å². The normalized spacial score (nSPS) is 16.2. The van der Waals surface area contributed by atoms with Crippen LogP contribution >= 0.6 is 0 Å². The van der Waals surface area contributed by atoms with Gasteiger partial charge in [-0.2, -0.15) is 0 Å². The van der Waals surface area contributed by atoms with E-state index in [1.165, 1.54) is 6.33 Å². The highest BCUT2D eigenvalue weighted by Crippen LogP contribution is 2.13. The van der Waals surface area contributed by atoms with Crippen LogP contribution in [-0.2, 0) is 4.74 Å². The van der Waals surface area contributed by atoms with Crippen LogP contribution in [0, 0.1) is 0 Å². The molecule has 1 fully saturated rings. The Bertz CT molecular complexity index is 587. The number of aromatic nitrogens is 2. The monoisotopic (exact) mass is 349 g/mol. The SMILES string of the molecule is CCOC(=O)N1CCC(NC(=O)c2cc(NC(C)CC)ncn2)CC1. The largest absolute Gasteiger partial charge is 0.450 e. The minimum Gasteiger partial charge on any atom is -0.450 e. The van der Waals surface area contributed by atoms with E-state index in [0.29, 0.717) is 44.0 Å². The molecule has 2 heterocycles. The molecule has 0 saturated carbocycles. The average Bonchev–Trinajstić information content (AvgIpc) is 2.62. The summed E-state index contributed by atoms with van der Waals surface area (Å²) >= 11 is 0. The third-order valence-electron chi connectivity index (χ3n) is 4.26. The van der Waals surface area contributed by atoms with Gasteiger partial charge < -0.3 is 20.3 Å². The molecule has 1 atom stereocenters. The highest BCUT2D eigenvalue weighted by molar-refractivity contribution is 5.93. The summed E-state index contributed by atoms with van der Waals surface area (Å²) in [7, 11) is 0. The molecular weight excluding hydrogens is 322 g/mol. The molecule has 0 bridgehead atoms. The second-order valence-electron chi connectivity index (χ2n) is 6.18. The Morgan fingerprint density at radius 1 is 1.32 bits per heavy atom. The molecule has 2 rings (SSSR count). The fraction of sp³-hybridized carbons (Fsp3) is 0.647. The maximum absolute atomic E-state index is 12.4. The van der Waals surface area contributed by atoms with Gasteiger partial charge in [-0.15, -0.1) is 0 Å². The van der Waals surface area contributed by atoms with E-state index in [0.717, 1.165) is 6.42 Å². The number of nitrogens with one attached hydrogen (secondary N) is 2. The maximum Gasteiger partial charge on any atom is 0.409 e. The van der Waals surface area contributed by atoms with Gasteiger partial charge in [-0.25, -0.2) is 14.8 Å². The molecule has 0 radical (unpaired) electrons. The fourth-order valence-electron chi connectivity index (χ4n) is 2.60. The first kappa shape index (κ1) is 19.0. The van der Waals surface area contributed by atoms with Crippen LogP contribution in [0.2, 0.25) is 0 Å². The number of nitrogens with zero attached hydrogens (tertiary/aromatic N) is 3. The Labute approximate surface area is 148 Å². The van der Waals surface area contributed by atoms with E-state index in [9.17, 15) is 9.59 Å². The molecule has 1 aliphatic heterocycles. The number of ether oxygens (including phenoxy) is 1. The lowest BCUT2D eigenvalue weighted by Crippen LogP contribution is -2.46. The van der Waals surface area contributed by atoms with Crippen molar-refractivity contribution in [1.29, 1.82) is 0 Å². The van der Waals surface area contributed by atoms with Crippen LogP contribution in [0.4, 0.5) is 10.6 Å². The molecule has 8 nitrogen and oxygen atoms in total. The van der Waals surface area contributed by atoms with Crippen LogP contribution in [-0.4, -0.2) is 58.6 Å². The van der Waals surface area contributed by atoms with Crippen LogP contribution in [0.1, 0.15) is 50.5 Å². The van der Waals surface area contributed by atoms with Crippen molar-refractivity contribution in [1.82, 2.24) is 20.2 Å². The third-order valence-corrected chi connectivity index (χ3v) is 4.26. The van der Waals surface area contributed by atoms with Gasteiger partial charge in [-0.1, -0.05) is 6.92 Å². The third kappa shape index (κ3) is 5.58. The number of hydrogen-bond donors (Lipinski definition) is 2. The van der Waals surface area contributed by atoms with E-state index in [1.54, 1.807) is 17.9 Å². The van der Waals surface area contributed by atoms with Gasteiger partial charge in [-0.05, 0) is 33.1 Å². The number of hydrogen-bond acceptors (Lipinski definition) is 6. The lowest BCUT2D eigenvalue weighted by atomic mass is 10.1. The molecule has 1 unspecified atom stereocenters. The minimum atomic E-state index is -0.288. The highest BCUT2D eigenvalue weighted by Gasteiger charge is 2.25. The van der Waals surface area contributed by atoms with E-state index >= 15 is 0 Å². The molecule has 1 aromatic rings. The second kappa shape index (κ2) is 9.19. The summed E-state index contributed by atoms with van der Waals surface area (Å²) in [6, 6.07) is 1.96. The zero-order valence-corrected chi connectivity index (χ0v) is 15.1. The van der Waals surface area contributed by atoms with Gasteiger partial charge in [0.2, 0.25) is 0 Å². The summed E-state index contributed by atoms with van der Waals surface area (Å²) in [6.07, 6.45) is 3.47. The second-order valence-corrected chi connectivity index (χ2v) is 6.18. The maximum atomic E-state index is 12.4. The van der Waals surface area contributed by atoms with Crippen molar-refractivity contribution >= 4 is 17.8 Å². The molecule has 2 N–H and O–H groups in total. The Kier molecular flexibility index (Phi) is 6.97. The Balaban J connectivity index is 1.86. The molecule has 0 spiro atoms. The summed E-state index contributed by atoms with van der Waals surface area (Å²) in [5.74, 6) is 0.427. The van der Waals surface area contributed by atoms with Gasteiger partial charge in [0.15, 0.2) is 0 Å². The first-order valence-electron chi connectivity index (χ1n) is 8.84. The van der Waals surface area contributed by atoms with Crippen LogP contribution in [0.5, 0.6) is 0 Å². The van der Waals surface area contributed by atoms with Crippen molar-refractivity contribution in [3.8, 4) is 0 Å². The van der Waals surface area contributed by atoms with E-state index in [4.69, 9.17) is 4.74 Å². The van der Waals surface area contributed by atoms with Crippen molar-refractivity contribution in [2.75, 3.05) is 25.0 Å². The number of amides is 2. The number of anilines is 1. The van der Waals surface area contributed by atoms with Gasteiger partial charge in [0.25, 0.3) is 5.91 Å². The van der Waals surface area contributed by atoms with Crippen molar-refractivity contribution in [2.45, 2.75) is 52.1 Å². The predicted octanol–water partition coefficient (Wildman–Crippen LogP) is 2.04. The lowest BCUT2D eigenvalue weighted by Gasteiger charge is -2.31. The number of likely N-dealkylation sites (tertiary alicyclic amines) is 1. The molecule has 8 heteroatoms. The van der Waals surface area contributed by atoms with Gasteiger partial charge in [0, 0.05) is 31.2 Å².